The normalized spacial score (nSPS) is 15.1. The lowest BCUT2D eigenvalue weighted by Crippen LogP contribution is -2.44. The van der Waals surface area contributed by atoms with Gasteiger partial charge in [0.05, 0.1) is 24.7 Å². The summed E-state index contributed by atoms with van der Waals surface area (Å²) in [5.74, 6) is -0.330. The molecule has 2 aromatic carbocycles. The van der Waals surface area contributed by atoms with Crippen LogP contribution in [0.1, 0.15) is 22.3 Å². The molecule has 0 spiro atoms. The molecule has 0 bridgehead atoms. The number of carbonyl (C=O) groups is 1. The van der Waals surface area contributed by atoms with Gasteiger partial charge in [0.2, 0.25) is 15.9 Å². The number of hydrogen-bond acceptors (Lipinski definition) is 5. The molecule has 1 fully saturated rings. The van der Waals surface area contributed by atoms with Crippen LogP contribution in [0.4, 0.5) is 0 Å². The topological polar surface area (TPSA) is 79.0 Å². The molecule has 1 saturated heterocycles. The van der Waals surface area contributed by atoms with Crippen molar-refractivity contribution in [2.45, 2.75) is 32.2 Å². The molecule has 1 heterocycles. The first-order chi connectivity index (χ1) is 15.7. The van der Waals surface area contributed by atoms with Gasteiger partial charge in [-0.2, -0.15) is 4.31 Å². The molecule has 0 aliphatic carbocycles. The molecule has 1 aliphatic rings. The van der Waals surface area contributed by atoms with Crippen molar-refractivity contribution in [3.63, 3.8) is 0 Å². The van der Waals surface area contributed by atoms with Gasteiger partial charge in [-0.25, -0.2) is 8.42 Å². The highest BCUT2D eigenvalue weighted by Gasteiger charge is 2.30. The van der Waals surface area contributed by atoms with Crippen molar-refractivity contribution in [2.24, 2.45) is 0 Å². The van der Waals surface area contributed by atoms with Crippen LogP contribution < -0.4 is 5.32 Å². The second kappa shape index (κ2) is 11.4. The van der Waals surface area contributed by atoms with E-state index in [4.69, 9.17) is 16.3 Å². The molecule has 180 valence electrons. The van der Waals surface area contributed by atoms with Crippen LogP contribution in [0.25, 0.3) is 0 Å². The zero-order chi connectivity index (χ0) is 24.0. The van der Waals surface area contributed by atoms with Crippen molar-refractivity contribution in [3.8, 4) is 0 Å². The summed E-state index contributed by atoms with van der Waals surface area (Å²) in [5, 5.41) is 3.44. The van der Waals surface area contributed by atoms with Crippen LogP contribution in [0.2, 0.25) is 5.02 Å². The van der Waals surface area contributed by atoms with Crippen molar-refractivity contribution in [2.75, 3.05) is 45.9 Å². The molecule has 33 heavy (non-hydrogen) atoms. The zero-order valence-electron chi connectivity index (χ0n) is 19.4. The van der Waals surface area contributed by atoms with Gasteiger partial charge in [-0.1, -0.05) is 41.4 Å². The van der Waals surface area contributed by atoms with E-state index in [0.29, 0.717) is 42.5 Å². The predicted octanol–water partition coefficient (Wildman–Crippen LogP) is 2.90. The monoisotopic (exact) mass is 493 g/mol. The van der Waals surface area contributed by atoms with E-state index >= 15 is 0 Å². The number of rotatable bonds is 9. The second-order valence-corrected chi connectivity index (χ2v) is 10.7. The van der Waals surface area contributed by atoms with Gasteiger partial charge in [-0.3, -0.25) is 9.69 Å². The number of halogens is 1. The number of hydrogen-bond donors (Lipinski definition) is 1. The smallest absolute Gasteiger partial charge is 0.244 e. The van der Waals surface area contributed by atoms with E-state index in [9.17, 15) is 13.2 Å². The molecule has 9 heteroatoms. The van der Waals surface area contributed by atoms with Crippen LogP contribution in [0.15, 0.2) is 41.3 Å². The molecular weight excluding hydrogens is 462 g/mol. The Morgan fingerprint density at radius 2 is 1.70 bits per heavy atom. The quantitative estimate of drug-likeness (QED) is 0.581. The molecule has 0 unspecified atom stereocenters. The Morgan fingerprint density at radius 3 is 2.30 bits per heavy atom. The van der Waals surface area contributed by atoms with Crippen molar-refractivity contribution in [3.05, 3.63) is 63.7 Å². The van der Waals surface area contributed by atoms with Crippen LogP contribution in [0.3, 0.4) is 0 Å². The fourth-order valence-corrected chi connectivity index (χ4v) is 6.04. The van der Waals surface area contributed by atoms with E-state index in [1.165, 1.54) is 4.31 Å². The number of morpholine rings is 1. The molecule has 0 aromatic heterocycles. The molecule has 0 radical (unpaired) electrons. The first-order valence-corrected chi connectivity index (χ1v) is 12.9. The largest absolute Gasteiger partial charge is 0.379 e. The minimum atomic E-state index is -3.92. The van der Waals surface area contributed by atoms with Gasteiger partial charge in [-0.05, 0) is 49.6 Å². The number of nitrogens with zero attached hydrogens (tertiary/aromatic N) is 2. The fourth-order valence-electron chi connectivity index (χ4n) is 4.12. The van der Waals surface area contributed by atoms with Gasteiger partial charge < -0.3 is 10.1 Å². The van der Waals surface area contributed by atoms with Gasteiger partial charge in [0, 0.05) is 37.7 Å². The number of benzene rings is 2. The summed E-state index contributed by atoms with van der Waals surface area (Å²) in [6.45, 7) is 9.52. The first kappa shape index (κ1) is 25.6. The number of amides is 1. The third-order valence-corrected chi connectivity index (χ3v) is 8.00. The summed E-state index contributed by atoms with van der Waals surface area (Å²) < 4.78 is 34.0. The van der Waals surface area contributed by atoms with Gasteiger partial charge in [0.25, 0.3) is 0 Å². The molecule has 2 aromatic rings. The maximum absolute atomic E-state index is 13.7. The average Bonchev–Trinajstić information content (AvgIpc) is 2.74. The van der Waals surface area contributed by atoms with Crippen molar-refractivity contribution in [1.82, 2.24) is 14.5 Å². The van der Waals surface area contributed by atoms with E-state index in [0.717, 1.165) is 24.2 Å². The van der Waals surface area contributed by atoms with E-state index in [1.54, 1.807) is 38.1 Å². The number of sulfonamides is 1. The number of carbonyl (C=O) groups excluding carboxylic acids is 1. The van der Waals surface area contributed by atoms with E-state index in [1.807, 2.05) is 19.1 Å². The van der Waals surface area contributed by atoms with Crippen LogP contribution >= 0.6 is 11.6 Å². The highest BCUT2D eigenvalue weighted by atomic mass is 35.5. The molecule has 1 amide bonds. The minimum absolute atomic E-state index is 0.0726. The van der Waals surface area contributed by atoms with Crippen molar-refractivity contribution < 1.29 is 17.9 Å². The molecule has 1 aliphatic heterocycles. The van der Waals surface area contributed by atoms with E-state index in [2.05, 4.69) is 10.2 Å². The van der Waals surface area contributed by atoms with Gasteiger partial charge in [-0.15, -0.1) is 0 Å². The number of nitrogens with one attached hydrogen (secondary N) is 1. The Bertz CT molecular complexity index is 1040. The molecule has 1 N–H and O–H groups in total. The Labute approximate surface area is 201 Å². The maximum Gasteiger partial charge on any atom is 0.244 e. The third-order valence-electron chi connectivity index (χ3n) is 5.65. The Balaban J connectivity index is 1.78. The summed E-state index contributed by atoms with van der Waals surface area (Å²) in [4.78, 5) is 15.2. The van der Waals surface area contributed by atoms with Crippen molar-refractivity contribution in [1.29, 1.82) is 0 Å². The number of ether oxygens (including phenoxy) is 1. The Kier molecular flexibility index (Phi) is 8.89. The summed E-state index contributed by atoms with van der Waals surface area (Å²) in [5.41, 5.74) is 3.09. The fraction of sp³-hybridized carbons (Fsp3) is 0.458. The summed E-state index contributed by atoms with van der Waals surface area (Å²) in [6.07, 6.45) is 0. The summed E-state index contributed by atoms with van der Waals surface area (Å²) in [7, 11) is -3.92. The van der Waals surface area contributed by atoms with Crippen molar-refractivity contribution >= 4 is 27.5 Å². The standard InChI is InChI=1S/C24H32ClN3O4S/c1-18-14-19(2)24(20(3)15-18)33(30,31)28(16-21-4-6-22(25)7-5-21)17-23(29)26-8-9-27-10-12-32-13-11-27/h4-7,14-15H,8-13,16-17H2,1-3H3,(H,26,29). The Morgan fingerprint density at radius 1 is 1.09 bits per heavy atom. The molecule has 0 saturated carbocycles. The second-order valence-electron chi connectivity index (χ2n) is 8.43. The van der Waals surface area contributed by atoms with Crippen LogP contribution in [0.5, 0.6) is 0 Å². The highest BCUT2D eigenvalue weighted by molar-refractivity contribution is 7.89. The predicted molar refractivity (Wildman–Crippen MR) is 130 cm³/mol. The highest BCUT2D eigenvalue weighted by Crippen LogP contribution is 2.26. The van der Waals surface area contributed by atoms with Gasteiger partial charge in [0.15, 0.2) is 0 Å². The average molecular weight is 494 g/mol. The van der Waals surface area contributed by atoms with Gasteiger partial charge >= 0.3 is 0 Å². The lowest BCUT2D eigenvalue weighted by molar-refractivity contribution is -0.121. The molecule has 3 rings (SSSR count). The maximum atomic E-state index is 13.7. The van der Waals surface area contributed by atoms with Gasteiger partial charge in [0.1, 0.15) is 0 Å². The summed E-state index contributed by atoms with van der Waals surface area (Å²) >= 11 is 5.99. The number of aryl methyl sites for hydroxylation is 3. The van der Waals surface area contributed by atoms with Crippen LogP contribution in [-0.2, 0) is 26.1 Å². The summed E-state index contributed by atoms with van der Waals surface area (Å²) in [6, 6.07) is 10.7. The zero-order valence-corrected chi connectivity index (χ0v) is 21.0. The molecule has 7 nitrogen and oxygen atoms in total. The third kappa shape index (κ3) is 7.01. The van der Waals surface area contributed by atoms with Crippen LogP contribution in [0, 0.1) is 20.8 Å². The van der Waals surface area contributed by atoms with Crippen LogP contribution in [-0.4, -0.2) is 69.5 Å². The minimum Gasteiger partial charge on any atom is -0.379 e. The SMILES string of the molecule is Cc1cc(C)c(S(=O)(=O)N(CC(=O)NCCN2CCOCC2)Cc2ccc(Cl)cc2)c(C)c1. The van der Waals surface area contributed by atoms with E-state index < -0.39 is 10.0 Å². The molecular formula is C24H32ClN3O4S. The Hall–Kier alpha value is -1.97. The lowest BCUT2D eigenvalue weighted by atomic mass is 10.1. The lowest BCUT2D eigenvalue weighted by Gasteiger charge is -2.27. The van der Waals surface area contributed by atoms with E-state index in [-0.39, 0.29) is 23.9 Å². The molecule has 0 atom stereocenters. The first-order valence-electron chi connectivity index (χ1n) is 11.1.